The van der Waals surface area contributed by atoms with Crippen molar-refractivity contribution in [2.24, 2.45) is 0 Å². The zero-order chi connectivity index (χ0) is 36.9. The van der Waals surface area contributed by atoms with Crippen LogP contribution in [0.25, 0.3) is 61.7 Å². The van der Waals surface area contributed by atoms with Crippen molar-refractivity contribution < 1.29 is 0 Å². The van der Waals surface area contributed by atoms with Crippen molar-refractivity contribution in [1.29, 1.82) is 10.5 Å². The largest absolute Gasteiger partial charge is 0.308 e. The van der Waals surface area contributed by atoms with Crippen LogP contribution in [0.2, 0.25) is 0 Å². The van der Waals surface area contributed by atoms with Crippen LogP contribution in [0.4, 0.5) is 17.1 Å². The maximum absolute atomic E-state index is 10.9. The van der Waals surface area contributed by atoms with E-state index in [2.05, 4.69) is 76.2 Å². The maximum atomic E-state index is 10.9. The molecule has 1 aliphatic rings. The Morgan fingerprint density at radius 1 is 0.455 bits per heavy atom. The predicted molar refractivity (Wildman–Crippen MR) is 219 cm³/mol. The van der Waals surface area contributed by atoms with Crippen LogP contribution in [0.5, 0.6) is 0 Å². The van der Waals surface area contributed by atoms with E-state index in [-0.39, 0.29) is 0 Å². The van der Waals surface area contributed by atoms with E-state index in [1.165, 1.54) is 4.90 Å². The number of hydrogen-bond donors (Lipinski definition) is 0. The average Bonchev–Trinajstić information content (AvgIpc) is 3.57. The number of aromatic nitrogens is 4. The maximum Gasteiger partial charge on any atom is 0.164 e. The van der Waals surface area contributed by atoms with Gasteiger partial charge in [-0.3, -0.25) is 0 Å². The molecule has 1 aliphatic heterocycles. The standard InChI is InChI=1S/C47H27N7S/c48-28-33-24-32(47-51-45(30-14-4-1-5-15-30)50-46(52-47)31-16-6-2-7-17-31)25-34(29-49)44(33)54-38-21-11-10-20-36(38)37-26-43-41(27-40(37)54)53(35-18-8-3-9-19-35)39-22-12-13-23-42(39)55-43/h1-27H. The molecule has 55 heavy (non-hydrogen) atoms. The van der Waals surface area contributed by atoms with Gasteiger partial charge in [-0.15, -0.1) is 0 Å². The average molecular weight is 722 g/mol. The zero-order valence-electron chi connectivity index (χ0n) is 29.1. The molecule has 0 saturated heterocycles. The molecule has 8 heteroatoms. The molecule has 0 amide bonds. The molecule has 0 bridgehead atoms. The first-order valence-corrected chi connectivity index (χ1v) is 18.6. The summed E-state index contributed by atoms with van der Waals surface area (Å²) in [5.74, 6) is 1.37. The Hall–Kier alpha value is -7.52. The third kappa shape index (κ3) is 5.40. The van der Waals surface area contributed by atoms with Crippen LogP contribution in [0.3, 0.4) is 0 Å². The lowest BCUT2D eigenvalue weighted by molar-refractivity contribution is 1.07. The van der Waals surface area contributed by atoms with E-state index in [1.54, 1.807) is 23.9 Å². The number of hydrogen-bond acceptors (Lipinski definition) is 7. The highest BCUT2D eigenvalue weighted by Crippen LogP contribution is 2.53. The monoisotopic (exact) mass is 721 g/mol. The van der Waals surface area contributed by atoms with Gasteiger partial charge in [0.15, 0.2) is 17.5 Å². The van der Waals surface area contributed by atoms with Crippen LogP contribution in [0.15, 0.2) is 174 Å². The fourth-order valence-corrected chi connectivity index (χ4v) is 8.50. The second kappa shape index (κ2) is 13.2. The summed E-state index contributed by atoms with van der Waals surface area (Å²) in [5.41, 5.74) is 8.33. The van der Waals surface area contributed by atoms with Crippen molar-refractivity contribution in [2.75, 3.05) is 4.90 Å². The SMILES string of the molecule is N#Cc1cc(-c2nc(-c3ccccc3)nc(-c3ccccc3)n2)cc(C#N)c1-n1c2ccccc2c2cc3c(cc21)N(c1ccccc1)c1ccccc1S3. The highest BCUT2D eigenvalue weighted by atomic mass is 32.2. The fourth-order valence-electron chi connectivity index (χ4n) is 7.43. The molecule has 0 atom stereocenters. The van der Waals surface area contributed by atoms with Crippen molar-refractivity contribution in [2.45, 2.75) is 9.79 Å². The molecule has 2 aromatic heterocycles. The third-order valence-electron chi connectivity index (χ3n) is 9.87. The molecule has 0 spiro atoms. The minimum atomic E-state index is 0.331. The van der Waals surface area contributed by atoms with Gasteiger partial charge in [0, 0.05) is 42.9 Å². The molecule has 0 N–H and O–H groups in total. The number of para-hydroxylation sites is 3. The molecule has 7 aromatic carbocycles. The first kappa shape index (κ1) is 32.2. The van der Waals surface area contributed by atoms with E-state index < -0.39 is 0 Å². The molecule has 3 heterocycles. The highest BCUT2D eigenvalue weighted by molar-refractivity contribution is 7.99. The highest BCUT2D eigenvalue weighted by Gasteiger charge is 2.28. The van der Waals surface area contributed by atoms with Gasteiger partial charge in [-0.25, -0.2) is 15.0 Å². The summed E-state index contributed by atoms with van der Waals surface area (Å²) in [6.07, 6.45) is 0. The van der Waals surface area contributed by atoms with Crippen molar-refractivity contribution >= 4 is 50.6 Å². The Balaban J connectivity index is 1.21. The molecule has 0 aliphatic carbocycles. The summed E-state index contributed by atoms with van der Waals surface area (Å²) in [6.45, 7) is 0. The van der Waals surface area contributed by atoms with Gasteiger partial charge >= 0.3 is 0 Å². The number of anilines is 3. The second-order valence-electron chi connectivity index (χ2n) is 13.1. The molecule has 0 unspecified atom stereocenters. The summed E-state index contributed by atoms with van der Waals surface area (Å²) in [4.78, 5) is 19.2. The Labute approximate surface area is 321 Å². The molecule has 256 valence electrons. The van der Waals surface area contributed by atoms with Crippen LogP contribution in [0.1, 0.15) is 11.1 Å². The number of fused-ring (bicyclic) bond motifs is 5. The van der Waals surface area contributed by atoms with Crippen LogP contribution in [-0.2, 0) is 0 Å². The quantitative estimate of drug-likeness (QED) is 0.175. The Bertz CT molecular complexity index is 2940. The molecular weight excluding hydrogens is 695 g/mol. The lowest BCUT2D eigenvalue weighted by atomic mass is 10.0. The van der Waals surface area contributed by atoms with Gasteiger partial charge in [-0.1, -0.05) is 121 Å². The second-order valence-corrected chi connectivity index (χ2v) is 14.2. The van der Waals surface area contributed by atoms with E-state index in [9.17, 15) is 10.5 Å². The van der Waals surface area contributed by atoms with E-state index in [4.69, 9.17) is 15.0 Å². The number of nitriles is 2. The minimum Gasteiger partial charge on any atom is -0.308 e. The van der Waals surface area contributed by atoms with Gasteiger partial charge in [0.05, 0.1) is 39.2 Å². The molecule has 0 radical (unpaired) electrons. The normalized spacial score (nSPS) is 11.9. The molecule has 0 saturated carbocycles. The third-order valence-corrected chi connectivity index (χ3v) is 11.0. The first-order chi connectivity index (χ1) is 27.2. The van der Waals surface area contributed by atoms with E-state index in [1.807, 2.05) is 97.1 Å². The summed E-state index contributed by atoms with van der Waals surface area (Å²) in [5, 5.41) is 23.8. The van der Waals surface area contributed by atoms with Crippen molar-refractivity contribution in [3.05, 3.63) is 175 Å². The lowest BCUT2D eigenvalue weighted by Gasteiger charge is -2.33. The Morgan fingerprint density at radius 2 is 1.00 bits per heavy atom. The van der Waals surface area contributed by atoms with Crippen LogP contribution in [0, 0.1) is 22.7 Å². The predicted octanol–water partition coefficient (Wildman–Crippen LogP) is 11.6. The summed E-state index contributed by atoms with van der Waals surface area (Å²) in [6, 6.07) is 59.3. The Kier molecular flexibility index (Phi) is 7.69. The van der Waals surface area contributed by atoms with Gasteiger partial charge in [0.1, 0.15) is 12.1 Å². The lowest BCUT2D eigenvalue weighted by Crippen LogP contribution is -2.15. The van der Waals surface area contributed by atoms with Gasteiger partial charge in [-0.2, -0.15) is 10.5 Å². The summed E-state index contributed by atoms with van der Waals surface area (Å²) < 4.78 is 2.07. The van der Waals surface area contributed by atoms with Gasteiger partial charge in [-0.05, 0) is 54.6 Å². The molecule has 9 aromatic rings. The summed E-state index contributed by atoms with van der Waals surface area (Å²) >= 11 is 1.75. The fraction of sp³-hybridized carbons (Fsp3) is 0. The van der Waals surface area contributed by atoms with E-state index in [0.717, 1.165) is 54.9 Å². The number of benzene rings is 7. The number of rotatable bonds is 5. The topological polar surface area (TPSA) is 94.4 Å². The first-order valence-electron chi connectivity index (χ1n) is 17.7. The molecule has 0 fully saturated rings. The van der Waals surface area contributed by atoms with E-state index >= 15 is 0 Å². The van der Waals surface area contributed by atoms with Crippen molar-refractivity contribution in [3.8, 4) is 52.0 Å². The van der Waals surface area contributed by atoms with E-state index in [0.29, 0.717) is 39.9 Å². The molecule has 10 rings (SSSR count). The Morgan fingerprint density at radius 3 is 1.64 bits per heavy atom. The zero-order valence-corrected chi connectivity index (χ0v) is 29.9. The molecular formula is C47H27N7S. The molecule has 7 nitrogen and oxygen atoms in total. The van der Waals surface area contributed by atoms with Gasteiger partial charge in [0.25, 0.3) is 0 Å². The van der Waals surface area contributed by atoms with Gasteiger partial charge < -0.3 is 9.47 Å². The smallest absolute Gasteiger partial charge is 0.164 e. The minimum absolute atomic E-state index is 0.331. The van der Waals surface area contributed by atoms with Crippen LogP contribution in [-0.4, -0.2) is 19.5 Å². The van der Waals surface area contributed by atoms with Crippen molar-refractivity contribution in [1.82, 2.24) is 19.5 Å². The number of nitrogens with zero attached hydrogens (tertiary/aromatic N) is 7. The van der Waals surface area contributed by atoms with Crippen LogP contribution < -0.4 is 4.90 Å². The van der Waals surface area contributed by atoms with Crippen molar-refractivity contribution in [3.63, 3.8) is 0 Å². The summed E-state index contributed by atoms with van der Waals surface area (Å²) in [7, 11) is 0. The van der Waals surface area contributed by atoms with Crippen LogP contribution >= 0.6 is 11.8 Å². The van der Waals surface area contributed by atoms with Gasteiger partial charge in [0.2, 0.25) is 0 Å².